The SMILES string of the molecule is COc1ccc(CCC(=O)O)c(Cl)c1O. The maximum atomic E-state index is 10.4. The van der Waals surface area contributed by atoms with Crippen LogP contribution in [0.25, 0.3) is 0 Å². The molecule has 0 bridgehead atoms. The highest BCUT2D eigenvalue weighted by Gasteiger charge is 2.11. The second-order valence-corrected chi connectivity index (χ2v) is 3.36. The third-order valence-electron chi connectivity index (χ3n) is 1.99. The number of aryl methyl sites for hydroxylation is 1. The largest absolute Gasteiger partial charge is 0.503 e. The normalized spacial score (nSPS) is 10.0. The summed E-state index contributed by atoms with van der Waals surface area (Å²) in [6, 6.07) is 3.20. The van der Waals surface area contributed by atoms with Crippen molar-refractivity contribution in [3.63, 3.8) is 0 Å². The predicted octanol–water partition coefficient (Wildman–Crippen LogP) is 2.07. The fourth-order valence-electron chi connectivity index (χ4n) is 1.19. The van der Waals surface area contributed by atoms with Gasteiger partial charge in [0.15, 0.2) is 11.5 Å². The highest BCUT2D eigenvalue weighted by Crippen LogP contribution is 2.36. The van der Waals surface area contributed by atoms with E-state index in [1.54, 1.807) is 12.1 Å². The van der Waals surface area contributed by atoms with E-state index in [9.17, 15) is 9.90 Å². The van der Waals surface area contributed by atoms with Gasteiger partial charge in [0.05, 0.1) is 12.1 Å². The summed E-state index contributed by atoms with van der Waals surface area (Å²) in [7, 11) is 1.42. The van der Waals surface area contributed by atoms with Gasteiger partial charge in [0, 0.05) is 6.42 Å². The third-order valence-corrected chi connectivity index (χ3v) is 2.41. The second kappa shape index (κ2) is 4.89. The number of carbonyl (C=O) groups is 1. The van der Waals surface area contributed by atoms with Crippen molar-refractivity contribution in [3.05, 3.63) is 22.7 Å². The first-order valence-electron chi connectivity index (χ1n) is 4.32. The molecule has 0 aliphatic rings. The monoisotopic (exact) mass is 230 g/mol. The van der Waals surface area contributed by atoms with Crippen LogP contribution in [0.2, 0.25) is 5.02 Å². The van der Waals surface area contributed by atoms with Crippen LogP contribution in [0.4, 0.5) is 0 Å². The maximum absolute atomic E-state index is 10.4. The molecular formula is C10H11ClO4. The summed E-state index contributed by atoms with van der Waals surface area (Å²) in [6.07, 6.45) is 0.261. The molecule has 4 nitrogen and oxygen atoms in total. The van der Waals surface area contributed by atoms with E-state index < -0.39 is 5.97 Å². The quantitative estimate of drug-likeness (QED) is 0.831. The molecule has 0 amide bonds. The Morgan fingerprint density at radius 3 is 2.73 bits per heavy atom. The summed E-state index contributed by atoms with van der Waals surface area (Å²) in [5.41, 5.74) is 0.595. The smallest absolute Gasteiger partial charge is 0.303 e. The van der Waals surface area contributed by atoms with Gasteiger partial charge in [0.1, 0.15) is 0 Å². The lowest BCUT2D eigenvalue weighted by atomic mass is 10.1. The maximum Gasteiger partial charge on any atom is 0.303 e. The van der Waals surface area contributed by atoms with Crippen molar-refractivity contribution >= 4 is 17.6 Å². The Kier molecular flexibility index (Phi) is 3.80. The summed E-state index contributed by atoms with van der Waals surface area (Å²) >= 11 is 5.84. The average molecular weight is 231 g/mol. The molecule has 0 atom stereocenters. The number of phenolic OH excluding ortho intramolecular Hbond substituents is 1. The van der Waals surface area contributed by atoms with Crippen LogP contribution in [-0.4, -0.2) is 23.3 Å². The molecule has 0 aliphatic carbocycles. The number of rotatable bonds is 4. The Morgan fingerprint density at radius 2 is 2.20 bits per heavy atom. The Labute approximate surface area is 92.1 Å². The Morgan fingerprint density at radius 1 is 1.53 bits per heavy atom. The number of benzene rings is 1. The van der Waals surface area contributed by atoms with Gasteiger partial charge in [-0.2, -0.15) is 0 Å². The van der Waals surface area contributed by atoms with Crippen LogP contribution in [0.15, 0.2) is 12.1 Å². The number of hydrogen-bond acceptors (Lipinski definition) is 3. The van der Waals surface area contributed by atoms with E-state index >= 15 is 0 Å². The molecule has 0 aromatic heterocycles. The zero-order chi connectivity index (χ0) is 11.4. The molecule has 5 heteroatoms. The summed E-state index contributed by atoms with van der Waals surface area (Å²) in [6.45, 7) is 0. The summed E-state index contributed by atoms with van der Waals surface area (Å²) in [4.78, 5) is 10.4. The number of carboxylic acids is 1. The van der Waals surface area contributed by atoms with Crippen molar-refractivity contribution in [3.8, 4) is 11.5 Å². The van der Waals surface area contributed by atoms with Gasteiger partial charge >= 0.3 is 5.97 Å². The molecule has 82 valence electrons. The molecule has 0 spiro atoms. The van der Waals surface area contributed by atoms with Gasteiger partial charge in [-0.1, -0.05) is 17.7 Å². The van der Waals surface area contributed by atoms with Crippen LogP contribution < -0.4 is 4.74 Å². The van der Waals surface area contributed by atoms with Crippen LogP contribution in [-0.2, 0) is 11.2 Å². The molecule has 1 aromatic carbocycles. The molecule has 0 heterocycles. The van der Waals surface area contributed by atoms with Gasteiger partial charge in [-0.3, -0.25) is 4.79 Å². The first-order valence-corrected chi connectivity index (χ1v) is 4.70. The van der Waals surface area contributed by atoms with Gasteiger partial charge < -0.3 is 14.9 Å². The first-order chi connectivity index (χ1) is 7.06. The van der Waals surface area contributed by atoms with Gasteiger partial charge in [0.25, 0.3) is 0 Å². The van der Waals surface area contributed by atoms with Gasteiger partial charge in [-0.05, 0) is 18.1 Å². The first kappa shape index (κ1) is 11.7. The molecule has 0 fully saturated rings. The molecule has 2 N–H and O–H groups in total. The van der Waals surface area contributed by atoms with E-state index in [1.807, 2.05) is 0 Å². The van der Waals surface area contributed by atoms with Gasteiger partial charge in [-0.25, -0.2) is 0 Å². The molecule has 1 rings (SSSR count). The van der Waals surface area contributed by atoms with E-state index in [0.717, 1.165) is 0 Å². The Balaban J connectivity index is 2.91. The fraction of sp³-hybridized carbons (Fsp3) is 0.300. The van der Waals surface area contributed by atoms with Crippen molar-refractivity contribution in [1.29, 1.82) is 0 Å². The van der Waals surface area contributed by atoms with Crippen molar-refractivity contribution in [1.82, 2.24) is 0 Å². The van der Waals surface area contributed by atoms with Gasteiger partial charge in [0.2, 0.25) is 0 Å². The highest BCUT2D eigenvalue weighted by atomic mass is 35.5. The highest BCUT2D eigenvalue weighted by molar-refractivity contribution is 6.33. The Hall–Kier alpha value is -1.42. The molecule has 0 saturated heterocycles. The van der Waals surface area contributed by atoms with Crippen molar-refractivity contribution in [2.24, 2.45) is 0 Å². The fourth-order valence-corrected chi connectivity index (χ4v) is 1.44. The third kappa shape index (κ3) is 2.76. The van der Waals surface area contributed by atoms with Crippen molar-refractivity contribution in [2.45, 2.75) is 12.8 Å². The number of methoxy groups -OCH3 is 1. The molecular weight excluding hydrogens is 220 g/mol. The summed E-state index contributed by atoms with van der Waals surface area (Å²) in [5.74, 6) is -0.775. The lowest BCUT2D eigenvalue weighted by Crippen LogP contribution is -1.98. The number of aromatic hydroxyl groups is 1. The van der Waals surface area contributed by atoms with Crippen LogP contribution in [0, 0.1) is 0 Å². The van der Waals surface area contributed by atoms with E-state index in [-0.39, 0.29) is 29.4 Å². The van der Waals surface area contributed by atoms with Crippen LogP contribution in [0.3, 0.4) is 0 Å². The lowest BCUT2D eigenvalue weighted by Gasteiger charge is -2.08. The van der Waals surface area contributed by atoms with Crippen molar-refractivity contribution < 1.29 is 19.7 Å². The molecule has 15 heavy (non-hydrogen) atoms. The number of phenols is 1. The number of hydrogen-bond donors (Lipinski definition) is 2. The summed E-state index contributed by atoms with van der Waals surface area (Å²) < 4.78 is 4.86. The minimum absolute atomic E-state index is 0.0223. The number of halogens is 1. The zero-order valence-electron chi connectivity index (χ0n) is 8.16. The van der Waals surface area contributed by atoms with E-state index in [4.69, 9.17) is 21.4 Å². The molecule has 0 unspecified atom stereocenters. The molecule has 1 aromatic rings. The van der Waals surface area contributed by atoms with Crippen molar-refractivity contribution in [2.75, 3.05) is 7.11 Å². The lowest BCUT2D eigenvalue weighted by molar-refractivity contribution is -0.136. The number of ether oxygens (including phenoxy) is 1. The van der Waals surface area contributed by atoms with E-state index in [0.29, 0.717) is 5.56 Å². The standard InChI is InChI=1S/C10H11ClO4/c1-15-7-4-2-6(3-5-8(12)13)9(11)10(7)14/h2,4,14H,3,5H2,1H3,(H,12,13). The predicted molar refractivity (Wildman–Crippen MR) is 55.6 cm³/mol. The number of carboxylic acid groups (broad SMARTS) is 1. The van der Waals surface area contributed by atoms with Crippen LogP contribution >= 0.6 is 11.6 Å². The minimum Gasteiger partial charge on any atom is -0.503 e. The molecule has 0 radical (unpaired) electrons. The summed E-state index contributed by atoms with van der Waals surface area (Å²) in [5, 5.41) is 18.2. The topological polar surface area (TPSA) is 66.8 Å². The average Bonchev–Trinajstić information content (AvgIpc) is 2.20. The van der Waals surface area contributed by atoms with Crippen LogP contribution in [0.1, 0.15) is 12.0 Å². The van der Waals surface area contributed by atoms with Gasteiger partial charge in [-0.15, -0.1) is 0 Å². The number of aliphatic carboxylic acids is 1. The Bertz CT molecular complexity index is 376. The van der Waals surface area contributed by atoms with E-state index in [2.05, 4.69) is 0 Å². The minimum atomic E-state index is -0.902. The molecule has 0 aliphatic heterocycles. The van der Waals surface area contributed by atoms with Crippen LogP contribution in [0.5, 0.6) is 11.5 Å². The second-order valence-electron chi connectivity index (χ2n) is 2.98. The van der Waals surface area contributed by atoms with E-state index in [1.165, 1.54) is 7.11 Å². The zero-order valence-corrected chi connectivity index (χ0v) is 8.91. The molecule has 0 saturated carbocycles.